The highest BCUT2D eigenvalue weighted by Gasteiger charge is 2.49. The summed E-state index contributed by atoms with van der Waals surface area (Å²) < 4.78 is 11.3. The zero-order valence-electron chi connectivity index (χ0n) is 28.4. The Balaban J connectivity index is 1.38. The molecule has 13 heteroatoms. The van der Waals surface area contributed by atoms with E-state index in [-0.39, 0.29) is 59.6 Å². The number of carbonyl (C=O) groups is 4. The third kappa shape index (κ3) is 8.42. The first-order chi connectivity index (χ1) is 23.6. The van der Waals surface area contributed by atoms with E-state index in [1.54, 1.807) is 35.0 Å². The lowest BCUT2D eigenvalue weighted by molar-refractivity contribution is -0.133. The number of likely N-dealkylation sites (tertiary alicyclic amines) is 2. The summed E-state index contributed by atoms with van der Waals surface area (Å²) >= 11 is 6.03. The lowest BCUT2D eigenvalue weighted by Crippen LogP contribution is -2.60. The maximum Gasteiger partial charge on any atom is 0.274 e. The van der Waals surface area contributed by atoms with Crippen molar-refractivity contribution in [1.29, 1.82) is 0 Å². The number of halogens is 1. The van der Waals surface area contributed by atoms with E-state index in [4.69, 9.17) is 21.1 Å². The van der Waals surface area contributed by atoms with E-state index in [2.05, 4.69) is 20.8 Å². The number of amides is 3. The van der Waals surface area contributed by atoms with Crippen molar-refractivity contribution >= 4 is 35.6 Å². The van der Waals surface area contributed by atoms with Crippen LogP contribution in [0.1, 0.15) is 53.1 Å². The molecule has 49 heavy (non-hydrogen) atoms. The van der Waals surface area contributed by atoms with Crippen LogP contribution in [0.5, 0.6) is 11.5 Å². The van der Waals surface area contributed by atoms with Gasteiger partial charge in [-0.1, -0.05) is 41.9 Å². The Kier molecular flexibility index (Phi) is 11.6. The van der Waals surface area contributed by atoms with Crippen LogP contribution >= 0.6 is 11.6 Å². The van der Waals surface area contributed by atoms with E-state index < -0.39 is 11.5 Å². The Morgan fingerprint density at radius 3 is 2.41 bits per heavy atom. The smallest absolute Gasteiger partial charge is 0.274 e. The summed E-state index contributed by atoms with van der Waals surface area (Å²) in [5.41, 5.74) is 0.570. The van der Waals surface area contributed by atoms with Gasteiger partial charge in [0.2, 0.25) is 5.91 Å². The summed E-state index contributed by atoms with van der Waals surface area (Å²) in [5.74, 6) is -1.04. The zero-order chi connectivity index (χ0) is 35.1. The number of aldehydes is 1. The van der Waals surface area contributed by atoms with E-state index in [0.29, 0.717) is 49.5 Å². The number of methoxy groups -OCH3 is 1. The molecule has 0 bridgehead atoms. The average Bonchev–Trinajstić information content (AvgIpc) is 3.74. The number of piperidine rings is 1. The van der Waals surface area contributed by atoms with Gasteiger partial charge in [0.05, 0.1) is 19.1 Å². The number of benzene rings is 2. The van der Waals surface area contributed by atoms with Gasteiger partial charge in [0, 0.05) is 44.4 Å². The predicted octanol–water partition coefficient (Wildman–Crippen LogP) is 3.62. The number of likely N-dealkylation sites (N-methyl/N-ethyl adjacent to an activating group) is 1. The second kappa shape index (κ2) is 15.9. The third-order valence-electron chi connectivity index (χ3n) is 9.35. The molecule has 2 aliphatic heterocycles. The summed E-state index contributed by atoms with van der Waals surface area (Å²) in [5, 5.41) is 13.0. The molecule has 5 rings (SSSR count). The normalized spacial score (nSPS) is 20.0. The molecule has 262 valence electrons. The number of aryl methyl sites for hydroxylation is 1. The van der Waals surface area contributed by atoms with E-state index in [0.717, 1.165) is 18.3 Å². The van der Waals surface area contributed by atoms with Crippen LogP contribution in [-0.4, -0.2) is 103 Å². The summed E-state index contributed by atoms with van der Waals surface area (Å²) in [6.07, 6.45) is 2.60. The number of fused-ring (bicyclic) bond motifs is 1. The summed E-state index contributed by atoms with van der Waals surface area (Å²) in [6.45, 7) is 5.17. The number of H-pyrrole nitrogens is 1. The average molecular weight is 693 g/mol. The highest BCUT2D eigenvalue weighted by atomic mass is 35.5. The monoisotopic (exact) mass is 692 g/mol. The van der Waals surface area contributed by atoms with Gasteiger partial charge in [-0.05, 0) is 75.8 Å². The standard InChI is InChI=1S/C36H45ClN6O6/c1-23(2)49-30-13-12-25(15-31(30)48-4)34(46)42-17-26-18-43(35(47)29-16-32(37)41-40-29)20-28(27(26)19-42)33(45)39-36(22-44,21-38-3)14-8-11-24-9-6-5-7-10-24/h5-7,9-10,12-13,15-16,22-23,26-28,38H,8,11,14,17-21H2,1-4H3,(H,39,45)(H,40,41)/t26?,27?,28?,36-/m1/s1. The van der Waals surface area contributed by atoms with Gasteiger partial charge >= 0.3 is 0 Å². The van der Waals surface area contributed by atoms with E-state index in [1.165, 1.54) is 13.2 Å². The molecule has 0 spiro atoms. The number of rotatable bonds is 14. The molecule has 1 aromatic heterocycles. The lowest BCUT2D eigenvalue weighted by Gasteiger charge is -2.40. The number of nitrogens with one attached hydrogen (secondary N) is 3. The van der Waals surface area contributed by atoms with Crippen LogP contribution in [0.2, 0.25) is 5.15 Å². The fraction of sp³-hybridized carbons (Fsp3) is 0.472. The van der Waals surface area contributed by atoms with Gasteiger partial charge < -0.3 is 34.7 Å². The number of hydrogen-bond donors (Lipinski definition) is 3. The van der Waals surface area contributed by atoms with Gasteiger partial charge in [0.25, 0.3) is 11.8 Å². The van der Waals surface area contributed by atoms with Crippen molar-refractivity contribution in [3.8, 4) is 11.5 Å². The van der Waals surface area contributed by atoms with Crippen LogP contribution in [0.25, 0.3) is 0 Å². The van der Waals surface area contributed by atoms with Crippen molar-refractivity contribution in [2.75, 3.05) is 46.9 Å². The van der Waals surface area contributed by atoms with Gasteiger partial charge in [-0.2, -0.15) is 5.10 Å². The molecular formula is C36H45ClN6O6. The number of carbonyl (C=O) groups excluding carboxylic acids is 4. The number of nitrogens with zero attached hydrogens (tertiary/aromatic N) is 3. The highest BCUT2D eigenvalue weighted by molar-refractivity contribution is 6.29. The summed E-state index contributed by atoms with van der Waals surface area (Å²) in [4.78, 5) is 57.7. The molecule has 3 heterocycles. The molecule has 0 aliphatic carbocycles. The summed E-state index contributed by atoms with van der Waals surface area (Å²) in [6, 6.07) is 16.5. The van der Waals surface area contributed by atoms with Gasteiger partial charge in [-0.3, -0.25) is 19.5 Å². The van der Waals surface area contributed by atoms with Crippen molar-refractivity contribution in [3.05, 3.63) is 76.6 Å². The summed E-state index contributed by atoms with van der Waals surface area (Å²) in [7, 11) is 3.27. The molecule has 2 fully saturated rings. The minimum Gasteiger partial charge on any atom is -0.493 e. The van der Waals surface area contributed by atoms with E-state index in [1.807, 2.05) is 44.2 Å². The molecule has 0 radical (unpaired) electrons. The van der Waals surface area contributed by atoms with Crippen molar-refractivity contribution in [3.63, 3.8) is 0 Å². The number of aromatic nitrogens is 2. The molecule has 3 amide bonds. The van der Waals surface area contributed by atoms with E-state index >= 15 is 0 Å². The Morgan fingerprint density at radius 2 is 1.78 bits per heavy atom. The van der Waals surface area contributed by atoms with Gasteiger partial charge in [0.15, 0.2) is 17.2 Å². The van der Waals surface area contributed by atoms with Gasteiger partial charge in [-0.25, -0.2) is 0 Å². The van der Waals surface area contributed by atoms with Crippen molar-refractivity contribution < 1.29 is 28.7 Å². The van der Waals surface area contributed by atoms with Crippen LogP contribution in [0.15, 0.2) is 54.6 Å². The topological polar surface area (TPSA) is 146 Å². The molecule has 12 nitrogen and oxygen atoms in total. The van der Waals surface area contributed by atoms with Crippen molar-refractivity contribution in [2.45, 2.75) is 44.8 Å². The maximum absolute atomic E-state index is 14.3. The molecular weight excluding hydrogens is 648 g/mol. The second-order valence-corrected chi connectivity index (χ2v) is 13.6. The SMILES string of the molecule is CNC[C@@](C=O)(CCCc1ccccc1)NC(=O)C1CN(C(=O)c2cc(Cl)[nH]n2)CC2CN(C(=O)c3ccc(OC(C)C)c(OC)c3)CC21. The molecule has 0 saturated carbocycles. The molecule has 3 unspecified atom stereocenters. The van der Waals surface area contributed by atoms with Crippen LogP contribution in [-0.2, 0) is 16.0 Å². The quantitative estimate of drug-likeness (QED) is 0.217. The first kappa shape index (κ1) is 35.9. The van der Waals surface area contributed by atoms with Gasteiger partial charge in [0.1, 0.15) is 17.0 Å². The highest BCUT2D eigenvalue weighted by Crippen LogP contribution is 2.38. The number of aromatic amines is 1. The first-order valence-electron chi connectivity index (χ1n) is 16.7. The molecule has 4 atom stereocenters. The van der Waals surface area contributed by atoms with Crippen molar-refractivity contribution in [2.24, 2.45) is 17.8 Å². The molecule has 3 N–H and O–H groups in total. The number of hydrogen-bond acceptors (Lipinski definition) is 8. The molecule has 2 aromatic carbocycles. The fourth-order valence-electron chi connectivity index (χ4n) is 7.02. The number of ether oxygens (including phenoxy) is 2. The minimum absolute atomic E-state index is 0.0710. The predicted molar refractivity (Wildman–Crippen MR) is 185 cm³/mol. The van der Waals surface area contributed by atoms with Crippen LogP contribution in [0, 0.1) is 17.8 Å². The fourth-order valence-corrected chi connectivity index (χ4v) is 7.17. The Bertz CT molecular complexity index is 1630. The molecule has 3 aromatic rings. The van der Waals surface area contributed by atoms with E-state index in [9.17, 15) is 19.2 Å². The van der Waals surface area contributed by atoms with Crippen molar-refractivity contribution in [1.82, 2.24) is 30.6 Å². The van der Waals surface area contributed by atoms with Crippen LogP contribution in [0.4, 0.5) is 0 Å². The minimum atomic E-state index is -1.15. The largest absolute Gasteiger partial charge is 0.493 e. The van der Waals surface area contributed by atoms with Gasteiger partial charge in [-0.15, -0.1) is 0 Å². The molecule has 2 saturated heterocycles. The lowest BCUT2D eigenvalue weighted by atomic mass is 9.78. The first-order valence-corrected chi connectivity index (χ1v) is 17.0. The second-order valence-electron chi connectivity index (χ2n) is 13.2. The Labute approximate surface area is 291 Å². The Hall–Kier alpha value is -4.42. The maximum atomic E-state index is 14.3. The Morgan fingerprint density at radius 1 is 1.04 bits per heavy atom. The molecule has 2 aliphatic rings. The van der Waals surface area contributed by atoms with Crippen LogP contribution < -0.4 is 20.1 Å². The third-order valence-corrected chi connectivity index (χ3v) is 9.55. The zero-order valence-corrected chi connectivity index (χ0v) is 29.2. The van der Waals surface area contributed by atoms with Crippen LogP contribution in [0.3, 0.4) is 0 Å².